The van der Waals surface area contributed by atoms with Crippen LogP contribution in [0.1, 0.15) is 5.56 Å². The fourth-order valence-corrected chi connectivity index (χ4v) is 5.42. The number of ether oxygens (including phenoxy) is 1. The van der Waals surface area contributed by atoms with Crippen LogP contribution in [0.3, 0.4) is 0 Å². The average Bonchev–Trinajstić information content (AvgIpc) is 3.53. The third-order valence-electron chi connectivity index (χ3n) is 5.15. The van der Waals surface area contributed by atoms with Gasteiger partial charge in [0.15, 0.2) is 4.80 Å². The van der Waals surface area contributed by atoms with Crippen molar-refractivity contribution in [2.75, 3.05) is 7.11 Å². The molecule has 0 saturated heterocycles. The number of nitrogens with one attached hydrogen (secondary N) is 1. The maximum atomic E-state index is 5.50. The van der Waals surface area contributed by atoms with E-state index in [-0.39, 0.29) is 0 Å². The van der Waals surface area contributed by atoms with Gasteiger partial charge < -0.3 is 14.3 Å². The summed E-state index contributed by atoms with van der Waals surface area (Å²) in [5.74, 6) is 0.784. The van der Waals surface area contributed by atoms with Crippen LogP contribution in [0.5, 0.6) is 5.75 Å². The van der Waals surface area contributed by atoms with Crippen LogP contribution in [-0.2, 0) is 13.0 Å². The minimum absolute atomic E-state index is 0.784. The Hall–Kier alpha value is -3.09. The molecule has 0 fully saturated rings. The predicted octanol–water partition coefficient (Wildman–Crippen LogP) is 6.24. The molecular weight excluding hydrogens is 410 g/mol. The van der Waals surface area contributed by atoms with Gasteiger partial charge in [-0.1, -0.05) is 36.4 Å². The summed E-state index contributed by atoms with van der Waals surface area (Å²) in [5.41, 5.74) is 4.56. The van der Waals surface area contributed by atoms with Gasteiger partial charge in [0, 0.05) is 29.0 Å². The Morgan fingerprint density at radius 2 is 1.87 bits per heavy atom. The van der Waals surface area contributed by atoms with Crippen molar-refractivity contribution >= 4 is 39.3 Å². The van der Waals surface area contributed by atoms with Gasteiger partial charge in [-0.05, 0) is 41.6 Å². The summed E-state index contributed by atoms with van der Waals surface area (Å²) >= 11 is 3.43. The number of fused-ring (bicyclic) bond motifs is 1. The molecule has 1 N–H and O–H groups in total. The second-order valence-corrected chi connectivity index (χ2v) is 8.71. The van der Waals surface area contributed by atoms with Crippen LogP contribution in [0.25, 0.3) is 21.5 Å². The molecule has 3 heterocycles. The minimum Gasteiger partial charge on any atom is -0.494 e. The molecule has 0 spiro atoms. The molecule has 0 aliphatic heterocycles. The maximum absolute atomic E-state index is 5.50. The van der Waals surface area contributed by atoms with Gasteiger partial charge in [-0.15, -0.1) is 22.7 Å². The normalized spacial score (nSPS) is 12.0. The first-order valence-corrected chi connectivity index (χ1v) is 11.5. The number of rotatable bonds is 6. The Balaban J connectivity index is 1.57. The average molecular weight is 432 g/mol. The zero-order valence-corrected chi connectivity index (χ0v) is 18.2. The molecule has 0 aliphatic rings. The van der Waals surface area contributed by atoms with E-state index in [4.69, 9.17) is 9.73 Å². The van der Waals surface area contributed by atoms with Gasteiger partial charge in [-0.25, -0.2) is 4.99 Å². The van der Waals surface area contributed by atoms with Crippen LogP contribution in [0.4, 0.5) is 5.69 Å². The number of hydrogen-bond acceptors (Lipinski definition) is 4. The summed E-state index contributed by atoms with van der Waals surface area (Å²) in [6.45, 7) is 0.854. The van der Waals surface area contributed by atoms with E-state index in [1.807, 2.05) is 24.3 Å². The highest BCUT2D eigenvalue weighted by molar-refractivity contribution is 7.14. The Bertz CT molecular complexity index is 1340. The van der Waals surface area contributed by atoms with Crippen molar-refractivity contribution in [1.82, 2.24) is 9.55 Å². The molecule has 0 aliphatic carbocycles. The van der Waals surface area contributed by atoms with E-state index >= 15 is 0 Å². The molecule has 0 radical (unpaired) electrons. The SMILES string of the molecule is COc1ccccc1N=c1scc(-c2cccs2)n1CCc1c[nH]c2ccccc12. The van der Waals surface area contributed by atoms with Crippen LogP contribution in [0, 0.1) is 0 Å². The number of benzene rings is 2. The van der Waals surface area contributed by atoms with E-state index in [1.54, 1.807) is 29.8 Å². The molecule has 0 bridgehead atoms. The largest absolute Gasteiger partial charge is 0.494 e. The smallest absolute Gasteiger partial charge is 0.190 e. The maximum Gasteiger partial charge on any atom is 0.190 e. The molecule has 6 heteroatoms. The van der Waals surface area contributed by atoms with Crippen molar-refractivity contribution in [1.29, 1.82) is 0 Å². The molecule has 4 nitrogen and oxygen atoms in total. The number of para-hydroxylation sites is 3. The summed E-state index contributed by atoms with van der Waals surface area (Å²) < 4.78 is 7.83. The summed E-state index contributed by atoms with van der Waals surface area (Å²) in [4.78, 5) is 10.6. The number of H-pyrrole nitrogens is 1. The standard InChI is InChI=1S/C24H21N3OS2/c1-28-22-10-5-4-9-20(22)26-24-27(21(16-30-24)23-11-6-14-29-23)13-12-17-15-25-19-8-3-2-7-18(17)19/h2-11,14-16,25H,12-13H2,1H3. The molecule has 3 aromatic heterocycles. The van der Waals surface area contributed by atoms with Gasteiger partial charge in [0.2, 0.25) is 0 Å². The van der Waals surface area contributed by atoms with E-state index in [0.717, 1.165) is 29.2 Å². The van der Waals surface area contributed by atoms with Gasteiger partial charge in [-0.2, -0.15) is 0 Å². The van der Waals surface area contributed by atoms with Crippen LogP contribution in [0.15, 0.2) is 82.6 Å². The monoisotopic (exact) mass is 431 g/mol. The third-order valence-corrected chi connectivity index (χ3v) is 6.91. The van der Waals surface area contributed by atoms with Gasteiger partial charge in [0.05, 0.1) is 17.7 Å². The lowest BCUT2D eigenvalue weighted by molar-refractivity contribution is 0.416. The van der Waals surface area contributed by atoms with Crippen LogP contribution in [0.2, 0.25) is 0 Å². The van der Waals surface area contributed by atoms with Gasteiger partial charge in [0.25, 0.3) is 0 Å². The van der Waals surface area contributed by atoms with Gasteiger partial charge >= 0.3 is 0 Å². The molecule has 5 rings (SSSR count). The Kier molecular flexibility index (Phi) is 5.26. The highest BCUT2D eigenvalue weighted by atomic mass is 32.1. The van der Waals surface area contributed by atoms with Crippen LogP contribution < -0.4 is 9.54 Å². The molecule has 30 heavy (non-hydrogen) atoms. The van der Waals surface area contributed by atoms with Crippen molar-refractivity contribution < 1.29 is 4.74 Å². The first-order chi connectivity index (χ1) is 14.8. The second kappa shape index (κ2) is 8.34. The van der Waals surface area contributed by atoms with E-state index in [2.05, 4.69) is 62.9 Å². The lowest BCUT2D eigenvalue weighted by Gasteiger charge is -2.08. The first kappa shape index (κ1) is 18.9. The number of methoxy groups -OCH3 is 1. The molecule has 0 amide bonds. The molecule has 0 unspecified atom stereocenters. The number of aromatic amines is 1. The Morgan fingerprint density at radius 3 is 2.73 bits per heavy atom. The minimum atomic E-state index is 0.784. The number of thiophene rings is 1. The van der Waals surface area contributed by atoms with Gasteiger partial charge in [-0.3, -0.25) is 0 Å². The fraction of sp³-hybridized carbons (Fsp3) is 0.125. The zero-order valence-electron chi connectivity index (χ0n) is 16.5. The van der Waals surface area contributed by atoms with Crippen molar-refractivity contribution in [2.24, 2.45) is 4.99 Å². The second-order valence-electron chi connectivity index (χ2n) is 6.93. The van der Waals surface area contributed by atoms with Crippen molar-refractivity contribution in [3.8, 4) is 16.3 Å². The molecule has 0 saturated carbocycles. The summed E-state index contributed by atoms with van der Waals surface area (Å²) in [5, 5.41) is 5.61. The molecule has 0 atom stereocenters. The van der Waals surface area contributed by atoms with E-state index in [0.29, 0.717) is 0 Å². The molecule has 2 aromatic carbocycles. The van der Waals surface area contributed by atoms with Crippen molar-refractivity contribution in [3.63, 3.8) is 0 Å². The highest BCUT2D eigenvalue weighted by Crippen LogP contribution is 2.29. The number of aromatic nitrogens is 2. The van der Waals surface area contributed by atoms with Gasteiger partial charge in [0.1, 0.15) is 11.4 Å². The lowest BCUT2D eigenvalue weighted by atomic mass is 10.1. The van der Waals surface area contributed by atoms with Crippen molar-refractivity contribution in [2.45, 2.75) is 13.0 Å². The summed E-state index contributed by atoms with van der Waals surface area (Å²) in [6, 6.07) is 20.6. The van der Waals surface area contributed by atoms with Crippen LogP contribution >= 0.6 is 22.7 Å². The number of hydrogen-bond donors (Lipinski definition) is 1. The van der Waals surface area contributed by atoms with Crippen LogP contribution in [-0.4, -0.2) is 16.7 Å². The van der Waals surface area contributed by atoms with Crippen molar-refractivity contribution in [3.05, 3.63) is 88.0 Å². The molecular formula is C24H21N3OS2. The predicted molar refractivity (Wildman–Crippen MR) is 126 cm³/mol. The topological polar surface area (TPSA) is 42.3 Å². The number of aryl methyl sites for hydroxylation is 1. The quantitative estimate of drug-likeness (QED) is 0.340. The van der Waals surface area contributed by atoms with E-state index in [9.17, 15) is 0 Å². The summed E-state index contributed by atoms with van der Waals surface area (Å²) in [6.07, 6.45) is 3.05. The number of thiazole rings is 1. The van der Waals surface area contributed by atoms with E-state index in [1.165, 1.54) is 27.0 Å². The first-order valence-electron chi connectivity index (χ1n) is 9.78. The number of nitrogens with zero attached hydrogens (tertiary/aromatic N) is 2. The van der Waals surface area contributed by atoms with E-state index < -0.39 is 0 Å². The highest BCUT2D eigenvalue weighted by Gasteiger charge is 2.11. The Labute approximate surface area is 182 Å². The molecule has 150 valence electrons. The fourth-order valence-electron chi connectivity index (χ4n) is 3.65. The Morgan fingerprint density at radius 1 is 1.00 bits per heavy atom. The molecule has 5 aromatic rings. The summed E-state index contributed by atoms with van der Waals surface area (Å²) in [7, 11) is 1.69. The lowest BCUT2D eigenvalue weighted by Crippen LogP contribution is -2.17. The zero-order chi connectivity index (χ0) is 20.3. The third kappa shape index (κ3) is 3.60.